The average molecular weight is 463 g/mol. The summed E-state index contributed by atoms with van der Waals surface area (Å²) in [6.07, 6.45) is 2.38. The lowest BCUT2D eigenvalue weighted by atomic mass is 9.97. The van der Waals surface area contributed by atoms with E-state index >= 15 is 0 Å². The third kappa shape index (κ3) is 5.56. The van der Waals surface area contributed by atoms with Crippen molar-refractivity contribution in [1.29, 1.82) is 0 Å². The van der Waals surface area contributed by atoms with Crippen LogP contribution in [0.5, 0.6) is 0 Å². The van der Waals surface area contributed by atoms with Crippen LogP contribution in [-0.2, 0) is 21.2 Å². The Kier molecular flexibility index (Phi) is 7.71. The summed E-state index contributed by atoms with van der Waals surface area (Å²) in [5, 5.41) is 6.90. The van der Waals surface area contributed by atoms with Crippen LogP contribution in [0, 0.1) is 26.7 Å². The van der Waals surface area contributed by atoms with Gasteiger partial charge in [0.15, 0.2) is 5.82 Å². The normalized spacial score (nSPS) is 15.9. The topological polar surface area (TPSA) is 105 Å². The van der Waals surface area contributed by atoms with Crippen LogP contribution in [-0.4, -0.2) is 48.4 Å². The molecule has 176 valence electrons. The molecule has 0 radical (unpaired) electrons. The molecule has 9 heteroatoms. The van der Waals surface area contributed by atoms with Crippen molar-refractivity contribution in [3.05, 3.63) is 40.5 Å². The van der Waals surface area contributed by atoms with E-state index in [1.54, 1.807) is 0 Å². The summed E-state index contributed by atoms with van der Waals surface area (Å²) in [4.78, 5) is 17.3. The fourth-order valence-corrected chi connectivity index (χ4v) is 6.14. The van der Waals surface area contributed by atoms with Crippen LogP contribution in [0.1, 0.15) is 67.4 Å². The summed E-state index contributed by atoms with van der Waals surface area (Å²) in [6, 6.07) is 3.80. The average Bonchev–Trinajstić information content (AvgIpc) is 3.19. The molecule has 1 N–H and O–H groups in total. The van der Waals surface area contributed by atoms with E-state index in [4.69, 9.17) is 4.52 Å². The van der Waals surface area contributed by atoms with E-state index in [1.165, 1.54) is 4.31 Å². The van der Waals surface area contributed by atoms with Gasteiger partial charge >= 0.3 is 0 Å². The molecular formula is C23H34N4O4S. The molecule has 1 aliphatic heterocycles. The van der Waals surface area contributed by atoms with Crippen molar-refractivity contribution in [2.75, 3.05) is 19.6 Å². The molecule has 0 aliphatic carbocycles. The number of carbonyl (C=O) groups excluding carboxylic acids is 1. The number of aromatic nitrogens is 2. The van der Waals surface area contributed by atoms with Gasteiger partial charge in [0.1, 0.15) is 0 Å². The molecule has 2 heterocycles. The molecule has 1 aliphatic rings. The second kappa shape index (κ2) is 10.1. The number of amides is 1. The molecule has 1 amide bonds. The van der Waals surface area contributed by atoms with Crippen molar-refractivity contribution in [3.63, 3.8) is 0 Å². The summed E-state index contributed by atoms with van der Waals surface area (Å²) >= 11 is 0. The Hall–Kier alpha value is -2.26. The van der Waals surface area contributed by atoms with Crippen molar-refractivity contribution in [2.45, 2.75) is 71.1 Å². The van der Waals surface area contributed by atoms with Gasteiger partial charge in [0.05, 0.1) is 4.90 Å². The fourth-order valence-electron chi connectivity index (χ4n) is 4.26. The van der Waals surface area contributed by atoms with Crippen LogP contribution >= 0.6 is 0 Å². The number of aryl methyl sites for hydroxylation is 4. The Morgan fingerprint density at radius 3 is 2.38 bits per heavy atom. The second-order valence-corrected chi connectivity index (χ2v) is 10.9. The third-order valence-electron chi connectivity index (χ3n) is 5.89. The lowest BCUT2D eigenvalue weighted by Gasteiger charge is -2.31. The molecule has 2 aromatic rings. The summed E-state index contributed by atoms with van der Waals surface area (Å²) in [7, 11) is -3.57. The van der Waals surface area contributed by atoms with E-state index in [0.29, 0.717) is 61.9 Å². The Morgan fingerprint density at radius 2 is 1.81 bits per heavy atom. The van der Waals surface area contributed by atoms with Crippen LogP contribution in [0.25, 0.3) is 0 Å². The summed E-state index contributed by atoms with van der Waals surface area (Å²) in [6.45, 7) is 10.9. The highest BCUT2D eigenvalue weighted by molar-refractivity contribution is 7.89. The minimum absolute atomic E-state index is 0.0156. The van der Waals surface area contributed by atoms with Gasteiger partial charge in [-0.3, -0.25) is 4.79 Å². The molecule has 1 aromatic carbocycles. The molecule has 0 saturated carbocycles. The standard InChI is InChI=1S/C23H34N4O4S/c1-15(2)22-25-20(31-26-22)7-6-10-24-23(28)19-8-11-27(12-9-19)32(29,30)21-17(4)13-16(3)14-18(21)5/h13-15,19H,6-12H2,1-5H3,(H,24,28). The highest BCUT2D eigenvalue weighted by Gasteiger charge is 2.33. The monoisotopic (exact) mass is 462 g/mol. The van der Waals surface area contributed by atoms with Gasteiger partial charge in [0, 0.05) is 37.9 Å². The third-order valence-corrected chi connectivity index (χ3v) is 8.10. The van der Waals surface area contributed by atoms with Crippen molar-refractivity contribution in [1.82, 2.24) is 19.8 Å². The lowest BCUT2D eigenvalue weighted by molar-refractivity contribution is -0.126. The number of hydrogen-bond donors (Lipinski definition) is 1. The van der Waals surface area contributed by atoms with Crippen LogP contribution in [0.2, 0.25) is 0 Å². The first-order valence-corrected chi connectivity index (χ1v) is 12.7. The predicted octanol–water partition coefficient (Wildman–Crippen LogP) is 3.27. The lowest BCUT2D eigenvalue weighted by Crippen LogP contribution is -2.43. The maximum Gasteiger partial charge on any atom is 0.243 e. The van der Waals surface area contributed by atoms with E-state index in [0.717, 1.165) is 16.7 Å². The highest BCUT2D eigenvalue weighted by Crippen LogP contribution is 2.28. The van der Waals surface area contributed by atoms with Gasteiger partial charge in [-0.2, -0.15) is 9.29 Å². The smallest absolute Gasteiger partial charge is 0.243 e. The van der Waals surface area contributed by atoms with Gasteiger partial charge in [-0.15, -0.1) is 0 Å². The summed E-state index contributed by atoms with van der Waals surface area (Å²) in [5.41, 5.74) is 2.59. The Balaban J connectivity index is 1.48. The zero-order valence-corrected chi connectivity index (χ0v) is 20.5. The molecule has 0 bridgehead atoms. The number of rotatable bonds is 8. The first kappa shape index (κ1) is 24.4. The SMILES string of the molecule is Cc1cc(C)c(S(=O)(=O)N2CCC(C(=O)NCCCc3nc(C(C)C)no3)CC2)c(C)c1. The molecule has 0 unspecified atom stereocenters. The highest BCUT2D eigenvalue weighted by atomic mass is 32.2. The number of hydrogen-bond acceptors (Lipinski definition) is 6. The van der Waals surface area contributed by atoms with Gasteiger partial charge < -0.3 is 9.84 Å². The van der Waals surface area contributed by atoms with Crippen LogP contribution in [0.3, 0.4) is 0 Å². The van der Waals surface area contributed by atoms with Gasteiger partial charge in [0.25, 0.3) is 0 Å². The minimum atomic E-state index is -3.57. The predicted molar refractivity (Wildman–Crippen MR) is 122 cm³/mol. The van der Waals surface area contributed by atoms with Gasteiger partial charge in [-0.05, 0) is 51.2 Å². The molecule has 32 heavy (non-hydrogen) atoms. The molecule has 3 rings (SSSR count). The van der Waals surface area contributed by atoms with Gasteiger partial charge in [-0.1, -0.05) is 36.7 Å². The van der Waals surface area contributed by atoms with Crippen LogP contribution in [0.4, 0.5) is 0 Å². The number of piperidine rings is 1. The Morgan fingerprint density at radius 1 is 1.19 bits per heavy atom. The van der Waals surface area contributed by atoms with Crippen LogP contribution in [0.15, 0.2) is 21.6 Å². The molecular weight excluding hydrogens is 428 g/mol. The molecule has 0 atom stereocenters. The zero-order valence-electron chi connectivity index (χ0n) is 19.6. The Bertz CT molecular complexity index is 1030. The van der Waals surface area contributed by atoms with Gasteiger partial charge in [0.2, 0.25) is 21.8 Å². The molecule has 8 nitrogen and oxygen atoms in total. The summed E-state index contributed by atoms with van der Waals surface area (Å²) < 4.78 is 33.2. The molecule has 0 spiro atoms. The van der Waals surface area contributed by atoms with Crippen molar-refractivity contribution in [2.24, 2.45) is 5.92 Å². The maximum absolute atomic E-state index is 13.2. The molecule has 1 fully saturated rings. The second-order valence-electron chi connectivity index (χ2n) is 9.00. The first-order chi connectivity index (χ1) is 15.1. The van der Waals surface area contributed by atoms with Crippen molar-refractivity contribution >= 4 is 15.9 Å². The largest absolute Gasteiger partial charge is 0.356 e. The first-order valence-electron chi connectivity index (χ1n) is 11.3. The number of nitrogens with one attached hydrogen (secondary N) is 1. The molecule has 1 saturated heterocycles. The van der Waals surface area contributed by atoms with Crippen molar-refractivity contribution < 1.29 is 17.7 Å². The minimum Gasteiger partial charge on any atom is -0.356 e. The van der Waals surface area contributed by atoms with E-state index < -0.39 is 10.0 Å². The van der Waals surface area contributed by atoms with E-state index in [-0.39, 0.29) is 17.7 Å². The maximum atomic E-state index is 13.2. The number of sulfonamides is 1. The van der Waals surface area contributed by atoms with E-state index in [9.17, 15) is 13.2 Å². The fraction of sp³-hybridized carbons (Fsp3) is 0.609. The number of benzene rings is 1. The quantitative estimate of drug-likeness (QED) is 0.604. The van der Waals surface area contributed by atoms with E-state index in [2.05, 4.69) is 15.5 Å². The Labute approximate surface area is 190 Å². The summed E-state index contributed by atoms with van der Waals surface area (Å²) in [5.74, 6) is 1.32. The van der Waals surface area contributed by atoms with Crippen molar-refractivity contribution in [3.8, 4) is 0 Å². The van der Waals surface area contributed by atoms with E-state index in [1.807, 2.05) is 46.8 Å². The molecule has 1 aromatic heterocycles. The van der Waals surface area contributed by atoms with Gasteiger partial charge in [-0.25, -0.2) is 8.42 Å². The number of carbonyl (C=O) groups is 1. The zero-order chi connectivity index (χ0) is 23.5. The van der Waals surface area contributed by atoms with Crippen LogP contribution < -0.4 is 5.32 Å². The number of nitrogens with zero attached hydrogens (tertiary/aromatic N) is 3.